The Balaban J connectivity index is 2.40. The standard InChI is InChI=1S/C14H21N3O4S/c1-15(2)11-5-4-8-16(10-11)13-7-6-12(22(3,20)21)9-14(13)17(18)19/h6-7,9,11H,4-5,8,10H2,1-3H3. The molecule has 0 saturated carbocycles. The summed E-state index contributed by atoms with van der Waals surface area (Å²) in [6.45, 7) is 1.44. The van der Waals surface area contributed by atoms with Gasteiger partial charge in [0, 0.05) is 31.5 Å². The number of likely N-dealkylation sites (N-methyl/N-ethyl adjacent to an activating group) is 1. The topological polar surface area (TPSA) is 83.8 Å². The molecule has 0 spiro atoms. The highest BCUT2D eigenvalue weighted by molar-refractivity contribution is 7.90. The molecule has 0 amide bonds. The van der Waals surface area contributed by atoms with Gasteiger partial charge in [-0.15, -0.1) is 0 Å². The van der Waals surface area contributed by atoms with Crippen LogP contribution < -0.4 is 4.90 Å². The summed E-state index contributed by atoms with van der Waals surface area (Å²) in [4.78, 5) is 14.9. The quantitative estimate of drug-likeness (QED) is 0.616. The average molecular weight is 327 g/mol. The summed E-state index contributed by atoms with van der Waals surface area (Å²) in [7, 11) is 0.529. The average Bonchev–Trinajstić information content (AvgIpc) is 2.45. The molecule has 1 saturated heterocycles. The van der Waals surface area contributed by atoms with Gasteiger partial charge in [0.05, 0.1) is 9.82 Å². The number of nitro groups is 1. The molecule has 0 aromatic heterocycles. The van der Waals surface area contributed by atoms with Crippen molar-refractivity contribution in [1.29, 1.82) is 0 Å². The number of piperidine rings is 1. The van der Waals surface area contributed by atoms with Gasteiger partial charge in [-0.25, -0.2) is 8.42 Å². The highest BCUT2D eigenvalue weighted by atomic mass is 32.2. The SMILES string of the molecule is CN(C)C1CCCN(c2ccc(S(C)(=O)=O)cc2[N+](=O)[O-])C1. The molecule has 7 nitrogen and oxygen atoms in total. The first-order valence-corrected chi connectivity index (χ1v) is 8.99. The van der Waals surface area contributed by atoms with Gasteiger partial charge in [-0.3, -0.25) is 10.1 Å². The molecule has 2 rings (SSSR count). The number of sulfone groups is 1. The summed E-state index contributed by atoms with van der Waals surface area (Å²) in [6.07, 6.45) is 3.06. The van der Waals surface area contributed by atoms with Crippen LogP contribution >= 0.6 is 0 Å². The zero-order valence-corrected chi connectivity index (χ0v) is 13.8. The molecule has 1 heterocycles. The predicted octanol–water partition coefficient (Wildman–Crippen LogP) is 1.53. The molecule has 1 aromatic carbocycles. The number of nitrogens with zero attached hydrogens (tertiary/aromatic N) is 3. The predicted molar refractivity (Wildman–Crippen MR) is 85.1 cm³/mol. The van der Waals surface area contributed by atoms with Crippen LogP contribution in [0.3, 0.4) is 0 Å². The zero-order valence-electron chi connectivity index (χ0n) is 13.0. The Morgan fingerprint density at radius 2 is 2.05 bits per heavy atom. The second-order valence-electron chi connectivity index (χ2n) is 5.89. The largest absolute Gasteiger partial charge is 0.364 e. The van der Waals surface area contributed by atoms with Gasteiger partial charge in [-0.2, -0.15) is 0 Å². The third kappa shape index (κ3) is 3.56. The lowest BCUT2D eigenvalue weighted by molar-refractivity contribution is -0.384. The maximum absolute atomic E-state index is 11.6. The van der Waals surface area contributed by atoms with Crippen LogP contribution in [0.15, 0.2) is 23.1 Å². The molecular weight excluding hydrogens is 306 g/mol. The van der Waals surface area contributed by atoms with E-state index in [-0.39, 0.29) is 10.6 Å². The van der Waals surface area contributed by atoms with Crippen LogP contribution in [-0.4, -0.2) is 57.7 Å². The first-order chi connectivity index (χ1) is 10.2. The van der Waals surface area contributed by atoms with E-state index in [2.05, 4.69) is 4.90 Å². The van der Waals surface area contributed by atoms with Crippen molar-refractivity contribution >= 4 is 21.2 Å². The Morgan fingerprint density at radius 3 is 2.59 bits per heavy atom. The van der Waals surface area contributed by atoms with Crippen molar-refractivity contribution in [2.24, 2.45) is 0 Å². The van der Waals surface area contributed by atoms with E-state index >= 15 is 0 Å². The molecule has 1 fully saturated rings. The minimum absolute atomic E-state index is 0.0240. The Morgan fingerprint density at radius 1 is 1.36 bits per heavy atom. The fourth-order valence-corrected chi connectivity index (χ4v) is 3.38. The number of hydrogen-bond acceptors (Lipinski definition) is 6. The van der Waals surface area contributed by atoms with Gasteiger partial charge in [0.15, 0.2) is 9.84 Å². The number of rotatable bonds is 4. The van der Waals surface area contributed by atoms with E-state index in [1.165, 1.54) is 6.07 Å². The van der Waals surface area contributed by atoms with Crippen LogP contribution in [0.1, 0.15) is 12.8 Å². The zero-order chi connectivity index (χ0) is 16.5. The first-order valence-electron chi connectivity index (χ1n) is 7.10. The summed E-state index contributed by atoms with van der Waals surface area (Å²) < 4.78 is 23.2. The lowest BCUT2D eigenvalue weighted by Gasteiger charge is -2.37. The highest BCUT2D eigenvalue weighted by Crippen LogP contribution is 2.33. The smallest absolute Gasteiger partial charge is 0.293 e. The molecule has 0 bridgehead atoms. The third-order valence-electron chi connectivity index (χ3n) is 4.04. The lowest BCUT2D eigenvalue weighted by atomic mass is 10.0. The lowest BCUT2D eigenvalue weighted by Crippen LogP contribution is -2.45. The van der Waals surface area contributed by atoms with Gasteiger partial charge in [-0.1, -0.05) is 0 Å². The van der Waals surface area contributed by atoms with Crippen molar-refractivity contribution in [2.75, 3.05) is 38.3 Å². The van der Waals surface area contributed by atoms with E-state index < -0.39 is 14.8 Å². The summed E-state index contributed by atoms with van der Waals surface area (Å²) in [5.41, 5.74) is 0.339. The van der Waals surface area contributed by atoms with Crippen LogP contribution in [0, 0.1) is 10.1 Å². The van der Waals surface area contributed by atoms with Crippen LogP contribution in [0.2, 0.25) is 0 Å². The number of hydrogen-bond donors (Lipinski definition) is 0. The Labute approximate surface area is 130 Å². The molecular formula is C14H21N3O4S. The number of benzene rings is 1. The second kappa shape index (κ2) is 6.21. The van der Waals surface area contributed by atoms with Crippen LogP contribution in [0.4, 0.5) is 11.4 Å². The minimum atomic E-state index is -3.46. The molecule has 8 heteroatoms. The van der Waals surface area contributed by atoms with Gasteiger partial charge < -0.3 is 9.80 Å². The van der Waals surface area contributed by atoms with Crippen molar-refractivity contribution < 1.29 is 13.3 Å². The molecule has 1 aliphatic rings. The van der Waals surface area contributed by atoms with E-state index in [0.29, 0.717) is 18.3 Å². The monoisotopic (exact) mass is 327 g/mol. The highest BCUT2D eigenvalue weighted by Gasteiger charge is 2.27. The Hall–Kier alpha value is -1.67. The van der Waals surface area contributed by atoms with E-state index in [0.717, 1.165) is 31.7 Å². The van der Waals surface area contributed by atoms with Gasteiger partial charge in [0.25, 0.3) is 5.69 Å². The molecule has 1 aliphatic heterocycles. The first kappa shape index (κ1) is 16.7. The molecule has 0 N–H and O–H groups in total. The number of nitro benzene ring substituents is 1. The fraction of sp³-hybridized carbons (Fsp3) is 0.571. The van der Waals surface area contributed by atoms with Gasteiger partial charge in [0.1, 0.15) is 5.69 Å². The molecule has 0 aliphatic carbocycles. The Bertz CT molecular complexity index is 673. The molecule has 0 radical (unpaired) electrons. The maximum atomic E-state index is 11.6. The van der Waals surface area contributed by atoms with Crippen molar-refractivity contribution in [3.63, 3.8) is 0 Å². The van der Waals surface area contributed by atoms with E-state index in [1.54, 1.807) is 6.07 Å². The Kier molecular flexibility index (Phi) is 4.72. The van der Waals surface area contributed by atoms with Crippen molar-refractivity contribution in [3.05, 3.63) is 28.3 Å². The summed E-state index contributed by atoms with van der Waals surface area (Å²) in [6, 6.07) is 4.48. The van der Waals surface area contributed by atoms with Crippen LogP contribution in [0.5, 0.6) is 0 Å². The number of anilines is 1. The normalized spacial score (nSPS) is 19.5. The summed E-state index contributed by atoms with van der Waals surface area (Å²) in [5.74, 6) is 0. The molecule has 122 valence electrons. The van der Waals surface area contributed by atoms with Crippen LogP contribution in [0.25, 0.3) is 0 Å². The van der Waals surface area contributed by atoms with E-state index in [4.69, 9.17) is 0 Å². The third-order valence-corrected chi connectivity index (χ3v) is 5.15. The minimum Gasteiger partial charge on any atom is -0.364 e. The molecule has 22 heavy (non-hydrogen) atoms. The second-order valence-corrected chi connectivity index (χ2v) is 7.90. The maximum Gasteiger partial charge on any atom is 0.293 e. The van der Waals surface area contributed by atoms with Gasteiger partial charge >= 0.3 is 0 Å². The summed E-state index contributed by atoms with van der Waals surface area (Å²) >= 11 is 0. The fourth-order valence-electron chi connectivity index (χ4n) is 2.74. The van der Waals surface area contributed by atoms with E-state index in [1.807, 2.05) is 19.0 Å². The van der Waals surface area contributed by atoms with Gasteiger partial charge in [-0.05, 0) is 39.1 Å². The molecule has 1 unspecified atom stereocenters. The molecule has 1 aromatic rings. The van der Waals surface area contributed by atoms with Crippen molar-refractivity contribution in [1.82, 2.24) is 4.90 Å². The van der Waals surface area contributed by atoms with Crippen molar-refractivity contribution in [3.8, 4) is 0 Å². The van der Waals surface area contributed by atoms with Crippen molar-refractivity contribution in [2.45, 2.75) is 23.8 Å². The van der Waals surface area contributed by atoms with E-state index in [9.17, 15) is 18.5 Å². The van der Waals surface area contributed by atoms with Crippen LogP contribution in [-0.2, 0) is 9.84 Å². The summed E-state index contributed by atoms with van der Waals surface area (Å²) in [5, 5.41) is 11.3. The molecule has 1 atom stereocenters. The van der Waals surface area contributed by atoms with Gasteiger partial charge in [0.2, 0.25) is 0 Å².